The van der Waals surface area contributed by atoms with Crippen molar-refractivity contribution in [1.29, 1.82) is 0 Å². The summed E-state index contributed by atoms with van der Waals surface area (Å²) in [6, 6.07) is 98.8. The molecule has 0 N–H and O–H groups in total. The summed E-state index contributed by atoms with van der Waals surface area (Å²) in [5.74, 6) is 0.0526. The first kappa shape index (κ1) is 56.5. The van der Waals surface area contributed by atoms with E-state index in [0.29, 0.717) is 0 Å². The molecule has 0 saturated carbocycles. The molecule has 0 spiro atoms. The van der Waals surface area contributed by atoms with Gasteiger partial charge in [-0.2, -0.15) is 0 Å². The molecule has 12 rings (SSSR count). The largest absolute Gasteiger partial charge is 0.310 e. The lowest BCUT2D eigenvalue weighted by atomic mass is 9.82. The first-order valence-electron chi connectivity index (χ1n) is 30.2. The van der Waals surface area contributed by atoms with E-state index >= 15 is 0 Å². The maximum Gasteiger partial charge on any atom is 0.0464 e. The Balaban J connectivity index is 0.829. The molecular weight excluding hydrogens is 1040 g/mol. The van der Waals surface area contributed by atoms with Crippen molar-refractivity contribution in [3.63, 3.8) is 0 Å². The van der Waals surface area contributed by atoms with Crippen LogP contribution >= 0.6 is 0 Å². The maximum absolute atomic E-state index is 2.42. The van der Waals surface area contributed by atoms with Gasteiger partial charge in [0, 0.05) is 57.1 Å². The van der Waals surface area contributed by atoms with E-state index in [1.54, 1.807) is 0 Å². The molecule has 12 aromatic rings. The summed E-state index contributed by atoms with van der Waals surface area (Å²) < 4.78 is 0. The van der Waals surface area contributed by atoms with Crippen LogP contribution < -0.4 is 14.7 Å². The molecule has 0 aliphatic rings. The van der Waals surface area contributed by atoms with Crippen molar-refractivity contribution in [2.45, 2.75) is 75.2 Å². The zero-order chi connectivity index (χ0) is 59.6. The second kappa shape index (κ2) is 24.3. The highest BCUT2D eigenvalue weighted by molar-refractivity contribution is 5.86. The van der Waals surface area contributed by atoms with E-state index in [1.165, 1.54) is 106 Å². The second-order valence-corrected chi connectivity index (χ2v) is 23.7. The van der Waals surface area contributed by atoms with Gasteiger partial charge in [0.25, 0.3) is 0 Å². The highest BCUT2D eigenvalue weighted by atomic mass is 15.2. The third-order valence-electron chi connectivity index (χ3n) is 17.1. The van der Waals surface area contributed by atoms with Crippen LogP contribution in [-0.4, -0.2) is 0 Å². The van der Waals surface area contributed by atoms with Crippen molar-refractivity contribution in [2.24, 2.45) is 0 Å². The van der Waals surface area contributed by atoms with Crippen molar-refractivity contribution in [1.82, 2.24) is 0 Å². The Morgan fingerprint density at radius 3 is 0.709 bits per heavy atom. The Bertz CT molecular complexity index is 4060. The van der Waals surface area contributed by atoms with Crippen LogP contribution in [0.15, 0.2) is 267 Å². The molecule has 0 aliphatic carbocycles. The molecule has 0 aromatic heterocycles. The third kappa shape index (κ3) is 11.7. The second-order valence-electron chi connectivity index (χ2n) is 23.7. The van der Waals surface area contributed by atoms with Gasteiger partial charge in [-0.05, 0) is 284 Å². The number of hydrogen-bond acceptors (Lipinski definition) is 3. The minimum atomic E-state index is 0.0526. The smallest absolute Gasteiger partial charge is 0.0464 e. The molecule has 0 bridgehead atoms. The Labute approximate surface area is 510 Å². The first-order chi connectivity index (χ1) is 41.7. The molecule has 0 saturated heterocycles. The lowest BCUT2D eigenvalue weighted by molar-refractivity contribution is 0.972. The molecule has 0 fully saturated rings. The molecule has 0 heterocycles. The monoisotopic (exact) mass is 1110 g/mol. The van der Waals surface area contributed by atoms with Crippen molar-refractivity contribution in [3.05, 3.63) is 339 Å². The van der Waals surface area contributed by atoms with E-state index in [2.05, 4.69) is 351 Å². The number of nitrogens with zero attached hydrogens (tertiary/aromatic N) is 3. The lowest BCUT2D eigenvalue weighted by Gasteiger charge is -2.28. The highest BCUT2D eigenvalue weighted by Gasteiger charge is 2.23. The normalized spacial score (nSPS) is 11.6. The molecule has 0 aliphatic heterocycles. The Morgan fingerprint density at radius 2 is 0.430 bits per heavy atom. The fourth-order valence-electron chi connectivity index (χ4n) is 12.9. The van der Waals surface area contributed by atoms with Crippen molar-refractivity contribution in [2.75, 3.05) is 14.7 Å². The minimum absolute atomic E-state index is 0.0526. The molecule has 0 amide bonds. The number of hydrogen-bond donors (Lipinski definition) is 0. The summed E-state index contributed by atoms with van der Waals surface area (Å²) in [6.45, 7) is 22.2. The molecule has 86 heavy (non-hydrogen) atoms. The molecular formula is C83H75N3. The number of anilines is 9. The van der Waals surface area contributed by atoms with Crippen LogP contribution in [-0.2, 0) is 0 Å². The SMILES string of the molecule is Cc1cccc(N(c2cccc(C)c2)c2ccc(-c3ccc(C(c4ccccc4)c4ccc(-c5ccc(N(c6ccccc6)c6ccc(-c7ccc(N(c8cccc(C)c8)c8cccc(C)c8)cc7C)c(C)c6)cc5C)c(C)c4)cc3C)c(C)c2)c1. The maximum atomic E-state index is 2.42. The fourth-order valence-corrected chi connectivity index (χ4v) is 12.9. The van der Waals surface area contributed by atoms with Crippen LogP contribution in [0.2, 0.25) is 0 Å². The van der Waals surface area contributed by atoms with Gasteiger partial charge in [-0.1, -0.05) is 158 Å². The Morgan fingerprint density at radius 1 is 0.186 bits per heavy atom. The molecule has 1 unspecified atom stereocenters. The van der Waals surface area contributed by atoms with E-state index in [0.717, 1.165) is 51.2 Å². The molecule has 3 nitrogen and oxygen atoms in total. The highest BCUT2D eigenvalue weighted by Crippen LogP contribution is 2.45. The zero-order valence-electron chi connectivity index (χ0n) is 51.3. The van der Waals surface area contributed by atoms with Crippen LogP contribution in [0.5, 0.6) is 0 Å². The topological polar surface area (TPSA) is 9.72 Å². The summed E-state index contributed by atoms with van der Waals surface area (Å²) in [7, 11) is 0. The molecule has 3 heteroatoms. The van der Waals surface area contributed by atoms with Crippen molar-refractivity contribution < 1.29 is 0 Å². The summed E-state index contributed by atoms with van der Waals surface area (Å²) in [5.41, 5.74) is 33.9. The molecule has 1 atom stereocenters. The number of para-hydroxylation sites is 1. The molecule has 12 aromatic carbocycles. The standard InChI is InChI=1S/C83H75N3/c1-55-21-17-29-69(45-55)85(70-30-18-22-56(2)46-70)75-37-43-80(63(9)53-75)78-40-34-67(50-60(78)6)83(65-25-13-11-14-26-65)66-33-39-77(59(5)49-66)79-41-35-73(51-61(79)7)84(68-27-15-12-16-28-68)74-36-42-81(62(8)52-74)82-44-38-76(54-64(82)10)86(71-31-19-23-57(3)47-71)72-32-20-24-58(4)48-72/h11-54,83H,1-10H3. The van der Waals surface area contributed by atoms with Crippen LogP contribution in [0.1, 0.15) is 78.2 Å². The van der Waals surface area contributed by atoms with Crippen molar-refractivity contribution in [3.8, 4) is 33.4 Å². The predicted molar refractivity (Wildman–Crippen MR) is 368 cm³/mol. The van der Waals surface area contributed by atoms with Crippen LogP contribution in [0.3, 0.4) is 0 Å². The zero-order valence-corrected chi connectivity index (χ0v) is 51.3. The van der Waals surface area contributed by atoms with E-state index in [1.807, 2.05) is 0 Å². The van der Waals surface area contributed by atoms with Gasteiger partial charge in [0.15, 0.2) is 0 Å². The average Bonchev–Trinajstić information content (AvgIpc) is 1.76. The van der Waals surface area contributed by atoms with Gasteiger partial charge in [-0.3, -0.25) is 0 Å². The van der Waals surface area contributed by atoms with E-state index < -0.39 is 0 Å². The molecule has 422 valence electrons. The van der Waals surface area contributed by atoms with E-state index in [4.69, 9.17) is 0 Å². The van der Waals surface area contributed by atoms with Gasteiger partial charge in [0.05, 0.1) is 0 Å². The van der Waals surface area contributed by atoms with Gasteiger partial charge in [-0.25, -0.2) is 0 Å². The van der Waals surface area contributed by atoms with Gasteiger partial charge >= 0.3 is 0 Å². The molecule has 0 radical (unpaired) electrons. The van der Waals surface area contributed by atoms with E-state index in [-0.39, 0.29) is 5.92 Å². The quantitative estimate of drug-likeness (QED) is 0.0948. The third-order valence-corrected chi connectivity index (χ3v) is 17.1. The summed E-state index contributed by atoms with van der Waals surface area (Å²) >= 11 is 0. The van der Waals surface area contributed by atoms with Gasteiger partial charge in [0.1, 0.15) is 0 Å². The van der Waals surface area contributed by atoms with E-state index in [9.17, 15) is 0 Å². The number of benzene rings is 12. The predicted octanol–water partition coefficient (Wildman–Crippen LogP) is 23.4. The lowest BCUT2D eigenvalue weighted by Crippen LogP contribution is -2.11. The van der Waals surface area contributed by atoms with Crippen LogP contribution in [0.25, 0.3) is 33.4 Å². The number of rotatable bonds is 15. The number of aryl methyl sites for hydroxylation is 10. The Hall–Kier alpha value is -9.96. The van der Waals surface area contributed by atoms with Crippen molar-refractivity contribution >= 4 is 51.2 Å². The van der Waals surface area contributed by atoms with Crippen LogP contribution in [0, 0.1) is 69.2 Å². The summed E-state index contributed by atoms with van der Waals surface area (Å²) in [5, 5.41) is 0. The first-order valence-corrected chi connectivity index (χ1v) is 30.2. The Kier molecular flexibility index (Phi) is 16.0. The summed E-state index contributed by atoms with van der Waals surface area (Å²) in [6.07, 6.45) is 0. The fraction of sp³-hybridized carbons (Fsp3) is 0.133. The van der Waals surface area contributed by atoms with Gasteiger partial charge < -0.3 is 14.7 Å². The summed E-state index contributed by atoms with van der Waals surface area (Å²) in [4.78, 5) is 7.13. The van der Waals surface area contributed by atoms with Gasteiger partial charge in [0.2, 0.25) is 0 Å². The average molecular weight is 1110 g/mol. The minimum Gasteiger partial charge on any atom is -0.310 e. The van der Waals surface area contributed by atoms with Gasteiger partial charge in [-0.15, -0.1) is 0 Å². The van der Waals surface area contributed by atoms with Crippen LogP contribution in [0.4, 0.5) is 51.2 Å².